The van der Waals surface area contributed by atoms with Crippen molar-refractivity contribution in [3.8, 4) is 17.5 Å². The van der Waals surface area contributed by atoms with Crippen LogP contribution in [0.2, 0.25) is 0 Å². The van der Waals surface area contributed by atoms with Crippen molar-refractivity contribution in [2.75, 3.05) is 7.05 Å². The number of carbonyl (C=O) groups is 1. The van der Waals surface area contributed by atoms with Crippen LogP contribution >= 0.6 is 11.8 Å². The van der Waals surface area contributed by atoms with Crippen molar-refractivity contribution >= 4 is 17.7 Å². The Balaban J connectivity index is 1.77. The zero-order valence-corrected chi connectivity index (χ0v) is 17.4. The molecule has 0 spiro atoms. The summed E-state index contributed by atoms with van der Waals surface area (Å²) in [6.45, 7) is 4.60. The van der Waals surface area contributed by atoms with Gasteiger partial charge in [-0.1, -0.05) is 31.0 Å². The molecule has 1 amide bonds. The number of nitriles is 1. The van der Waals surface area contributed by atoms with Crippen molar-refractivity contribution in [2.24, 2.45) is 0 Å². The van der Waals surface area contributed by atoms with Gasteiger partial charge in [-0.05, 0) is 38.8 Å². The second-order valence-electron chi connectivity index (χ2n) is 7.15. The molecule has 28 heavy (non-hydrogen) atoms. The van der Waals surface area contributed by atoms with Gasteiger partial charge >= 0.3 is 0 Å². The molecule has 2 aromatic rings. The SMILES string of the molecule is CCn1c(S[C@H](C)C(=O)N(C)C2(C#N)CCCCC2)nnc1-c1ccncc1. The molecule has 0 radical (unpaired) electrons. The topological polar surface area (TPSA) is 87.7 Å². The van der Waals surface area contributed by atoms with Crippen LogP contribution < -0.4 is 0 Å². The van der Waals surface area contributed by atoms with Crippen molar-refractivity contribution in [3.63, 3.8) is 0 Å². The van der Waals surface area contributed by atoms with Gasteiger partial charge in [0.15, 0.2) is 11.0 Å². The summed E-state index contributed by atoms with van der Waals surface area (Å²) in [6.07, 6.45) is 8.07. The van der Waals surface area contributed by atoms with Crippen molar-refractivity contribution in [1.29, 1.82) is 5.26 Å². The maximum Gasteiger partial charge on any atom is 0.236 e. The fraction of sp³-hybridized carbons (Fsp3) is 0.550. The number of hydrogen-bond acceptors (Lipinski definition) is 6. The quantitative estimate of drug-likeness (QED) is 0.692. The van der Waals surface area contributed by atoms with Crippen LogP contribution in [-0.2, 0) is 11.3 Å². The molecular weight excluding hydrogens is 372 g/mol. The van der Waals surface area contributed by atoms with Gasteiger partial charge < -0.3 is 9.47 Å². The number of pyridine rings is 1. The van der Waals surface area contributed by atoms with Crippen LogP contribution in [0, 0.1) is 11.3 Å². The fourth-order valence-electron chi connectivity index (χ4n) is 3.73. The summed E-state index contributed by atoms with van der Waals surface area (Å²) in [6, 6.07) is 6.21. The molecule has 1 saturated carbocycles. The molecule has 148 valence electrons. The zero-order chi connectivity index (χ0) is 20.1. The maximum atomic E-state index is 13.1. The normalized spacial score (nSPS) is 16.9. The Labute approximate surface area is 170 Å². The van der Waals surface area contributed by atoms with E-state index in [-0.39, 0.29) is 11.2 Å². The molecule has 8 heteroatoms. The Hall–Kier alpha value is -2.40. The average Bonchev–Trinajstić information content (AvgIpc) is 3.16. The second kappa shape index (κ2) is 8.74. The number of amides is 1. The zero-order valence-electron chi connectivity index (χ0n) is 16.6. The third-order valence-electron chi connectivity index (χ3n) is 5.46. The van der Waals surface area contributed by atoms with E-state index in [1.807, 2.05) is 30.5 Å². The molecule has 1 aliphatic carbocycles. The van der Waals surface area contributed by atoms with Crippen LogP contribution in [0.5, 0.6) is 0 Å². The lowest BCUT2D eigenvalue weighted by Crippen LogP contribution is -2.52. The van der Waals surface area contributed by atoms with Crippen LogP contribution in [-0.4, -0.2) is 48.4 Å². The molecule has 0 bridgehead atoms. The largest absolute Gasteiger partial charge is 0.326 e. The Bertz CT molecular complexity index is 853. The first-order chi connectivity index (χ1) is 13.5. The first kappa shape index (κ1) is 20.3. The van der Waals surface area contributed by atoms with Gasteiger partial charge in [-0.25, -0.2) is 0 Å². The van der Waals surface area contributed by atoms with E-state index in [0.29, 0.717) is 11.7 Å². The Morgan fingerprint density at radius 2 is 2.00 bits per heavy atom. The molecule has 7 nitrogen and oxygen atoms in total. The minimum absolute atomic E-state index is 0.0374. The van der Waals surface area contributed by atoms with E-state index in [4.69, 9.17) is 0 Å². The third-order valence-corrected chi connectivity index (χ3v) is 6.53. The number of nitrogens with zero attached hydrogens (tertiary/aromatic N) is 6. The lowest BCUT2D eigenvalue weighted by molar-refractivity contribution is -0.133. The molecular formula is C20H26N6OS. The predicted molar refractivity (Wildman–Crippen MR) is 108 cm³/mol. The van der Waals surface area contributed by atoms with Crippen molar-refractivity contribution in [3.05, 3.63) is 24.5 Å². The summed E-state index contributed by atoms with van der Waals surface area (Å²) in [5.74, 6) is 0.728. The minimum atomic E-state index is -0.676. The standard InChI is InChI=1S/C20H26N6OS/c1-4-26-17(16-8-12-22-13-9-16)23-24-19(26)28-15(2)18(27)25(3)20(14-21)10-6-5-7-11-20/h8-9,12-13,15H,4-7,10-11H2,1-3H3/t15-/m1/s1. The molecule has 2 aromatic heterocycles. The highest BCUT2D eigenvalue weighted by atomic mass is 32.2. The molecule has 0 aromatic carbocycles. The molecule has 0 unspecified atom stereocenters. The van der Waals surface area contributed by atoms with Gasteiger partial charge in [-0.2, -0.15) is 5.26 Å². The number of carbonyl (C=O) groups excluding carboxylic acids is 1. The van der Waals surface area contributed by atoms with E-state index >= 15 is 0 Å². The predicted octanol–water partition coefficient (Wildman–Crippen LogP) is 3.53. The number of hydrogen-bond donors (Lipinski definition) is 0. The molecule has 1 aliphatic rings. The van der Waals surface area contributed by atoms with Gasteiger partial charge in [0.25, 0.3) is 0 Å². The highest BCUT2D eigenvalue weighted by Gasteiger charge is 2.40. The molecule has 2 heterocycles. The third kappa shape index (κ3) is 3.90. The number of aromatic nitrogens is 4. The smallest absolute Gasteiger partial charge is 0.236 e. The maximum absolute atomic E-state index is 13.1. The Morgan fingerprint density at radius 1 is 1.32 bits per heavy atom. The number of rotatable bonds is 6. The minimum Gasteiger partial charge on any atom is -0.326 e. The fourth-order valence-corrected chi connectivity index (χ4v) is 4.73. The van der Waals surface area contributed by atoms with Crippen molar-refractivity contribution in [2.45, 2.75) is 68.4 Å². The van der Waals surface area contributed by atoms with Crippen LogP contribution in [0.25, 0.3) is 11.4 Å². The van der Waals surface area contributed by atoms with Gasteiger partial charge in [0.1, 0.15) is 5.54 Å². The van der Waals surface area contributed by atoms with Crippen LogP contribution in [0.3, 0.4) is 0 Å². The molecule has 0 saturated heterocycles. The molecule has 0 aliphatic heterocycles. The molecule has 3 rings (SSSR count). The first-order valence-electron chi connectivity index (χ1n) is 9.71. The Morgan fingerprint density at radius 3 is 2.61 bits per heavy atom. The summed E-state index contributed by atoms with van der Waals surface area (Å²) in [5, 5.41) is 18.8. The van der Waals surface area contributed by atoms with Gasteiger partial charge in [-0.15, -0.1) is 10.2 Å². The van der Waals surface area contributed by atoms with Crippen LogP contribution in [0.15, 0.2) is 29.7 Å². The van der Waals surface area contributed by atoms with Crippen molar-refractivity contribution < 1.29 is 4.79 Å². The molecule has 1 fully saturated rings. The van der Waals surface area contributed by atoms with Gasteiger partial charge in [-0.3, -0.25) is 9.78 Å². The lowest BCUT2D eigenvalue weighted by Gasteiger charge is -2.40. The van der Waals surface area contributed by atoms with E-state index in [2.05, 4.69) is 21.3 Å². The van der Waals surface area contributed by atoms with E-state index in [9.17, 15) is 10.1 Å². The molecule has 0 N–H and O–H groups in total. The van der Waals surface area contributed by atoms with E-state index < -0.39 is 5.54 Å². The van der Waals surface area contributed by atoms with E-state index in [1.54, 1.807) is 24.3 Å². The Kier molecular flexibility index (Phi) is 6.35. The highest BCUT2D eigenvalue weighted by Crippen LogP contribution is 2.34. The summed E-state index contributed by atoms with van der Waals surface area (Å²) in [4.78, 5) is 18.8. The number of thioether (sulfide) groups is 1. The summed E-state index contributed by atoms with van der Waals surface area (Å²) in [5.41, 5.74) is 0.267. The average molecular weight is 399 g/mol. The van der Waals surface area contributed by atoms with Crippen molar-refractivity contribution in [1.82, 2.24) is 24.6 Å². The summed E-state index contributed by atoms with van der Waals surface area (Å²) < 4.78 is 2.00. The van der Waals surface area contributed by atoms with Gasteiger partial charge in [0.05, 0.1) is 11.3 Å². The molecule has 1 atom stereocenters. The summed E-state index contributed by atoms with van der Waals surface area (Å²) >= 11 is 1.39. The highest BCUT2D eigenvalue weighted by molar-refractivity contribution is 8.00. The monoisotopic (exact) mass is 398 g/mol. The van der Waals surface area contributed by atoms with E-state index in [0.717, 1.165) is 43.5 Å². The van der Waals surface area contributed by atoms with Crippen LogP contribution in [0.4, 0.5) is 0 Å². The van der Waals surface area contributed by atoms with Gasteiger partial charge in [0, 0.05) is 31.5 Å². The lowest BCUT2D eigenvalue weighted by atomic mass is 9.81. The first-order valence-corrected chi connectivity index (χ1v) is 10.6. The van der Waals surface area contributed by atoms with Gasteiger partial charge in [0.2, 0.25) is 5.91 Å². The second-order valence-corrected chi connectivity index (χ2v) is 8.46. The van der Waals surface area contributed by atoms with E-state index in [1.165, 1.54) is 11.8 Å². The van der Waals surface area contributed by atoms with Crippen LogP contribution in [0.1, 0.15) is 46.0 Å². The summed E-state index contributed by atoms with van der Waals surface area (Å²) in [7, 11) is 1.76.